The quantitative estimate of drug-likeness (QED) is 0.337. The number of hydrogen-bond acceptors (Lipinski definition) is 4. The Morgan fingerprint density at radius 2 is 1.61 bits per heavy atom. The molecule has 0 aliphatic carbocycles. The highest BCUT2D eigenvalue weighted by molar-refractivity contribution is 6.42. The number of carbonyl (C=O) groups excluding carboxylic acids is 1. The van der Waals surface area contributed by atoms with E-state index in [4.69, 9.17) is 32.4 Å². The van der Waals surface area contributed by atoms with Gasteiger partial charge < -0.3 is 9.15 Å². The average molecular weight is 480 g/mol. The highest BCUT2D eigenvalue weighted by Crippen LogP contribution is 2.42. The topological polar surface area (TPSA) is 59.8 Å². The lowest BCUT2D eigenvalue weighted by Gasteiger charge is -2.25. The Kier molecular flexibility index (Phi) is 5.19. The lowest BCUT2D eigenvalue weighted by molar-refractivity contribution is 0.0971. The molecule has 33 heavy (non-hydrogen) atoms. The average Bonchev–Trinajstić information content (AvgIpc) is 3.10. The van der Waals surface area contributed by atoms with Crippen LogP contribution < -0.4 is 15.1 Å². The molecule has 3 aromatic carbocycles. The lowest BCUT2D eigenvalue weighted by atomic mass is 9.97. The summed E-state index contributed by atoms with van der Waals surface area (Å²) in [5, 5.41) is 1.16. The minimum atomic E-state index is -0.724. The molecule has 1 aliphatic heterocycles. The zero-order chi connectivity index (χ0) is 23.4. The van der Waals surface area contributed by atoms with Gasteiger partial charge in [0.05, 0.1) is 34.1 Å². The van der Waals surface area contributed by atoms with Gasteiger partial charge in [-0.2, -0.15) is 0 Å². The monoisotopic (exact) mass is 479 g/mol. The summed E-state index contributed by atoms with van der Waals surface area (Å²) in [7, 11) is 1.57. The van der Waals surface area contributed by atoms with E-state index < -0.39 is 11.9 Å². The van der Waals surface area contributed by atoms with Crippen LogP contribution in [0.3, 0.4) is 0 Å². The van der Waals surface area contributed by atoms with Gasteiger partial charge in [0.1, 0.15) is 11.3 Å². The van der Waals surface area contributed by atoms with E-state index in [1.807, 2.05) is 19.9 Å². The van der Waals surface area contributed by atoms with Crippen LogP contribution in [0.4, 0.5) is 5.69 Å². The maximum atomic E-state index is 13.7. The van der Waals surface area contributed by atoms with Crippen LogP contribution in [0.15, 0.2) is 63.8 Å². The highest BCUT2D eigenvalue weighted by atomic mass is 35.5. The number of carbonyl (C=O) groups is 1. The van der Waals surface area contributed by atoms with E-state index >= 15 is 0 Å². The second-order valence-corrected chi connectivity index (χ2v) is 8.87. The maximum absolute atomic E-state index is 13.7. The number of anilines is 1. The number of benzene rings is 3. The van der Waals surface area contributed by atoms with Gasteiger partial charge in [0.15, 0.2) is 5.43 Å². The van der Waals surface area contributed by atoms with Crippen molar-refractivity contribution in [3.8, 4) is 5.75 Å². The molecule has 5 nitrogen and oxygen atoms in total. The van der Waals surface area contributed by atoms with Gasteiger partial charge in [0.25, 0.3) is 5.91 Å². The van der Waals surface area contributed by atoms with E-state index in [1.165, 1.54) is 0 Å². The van der Waals surface area contributed by atoms with Gasteiger partial charge in [-0.25, -0.2) is 0 Å². The van der Waals surface area contributed by atoms with Crippen LogP contribution in [0.25, 0.3) is 11.0 Å². The van der Waals surface area contributed by atoms with E-state index in [0.29, 0.717) is 38.0 Å². The Labute approximate surface area is 200 Å². The number of halogens is 2. The smallest absolute Gasteiger partial charge is 0.295 e. The fourth-order valence-corrected chi connectivity index (χ4v) is 4.54. The van der Waals surface area contributed by atoms with Crippen molar-refractivity contribution in [2.24, 2.45) is 0 Å². The maximum Gasteiger partial charge on any atom is 0.295 e. The SMILES string of the molecule is COc1ccc(N2C(=O)c3oc4cc(C)c(C)cc4c(=O)c3C2c2ccc(Cl)c(Cl)c2)cc1. The summed E-state index contributed by atoms with van der Waals surface area (Å²) in [5.41, 5.74) is 3.63. The normalized spacial score (nSPS) is 15.2. The first-order valence-electron chi connectivity index (χ1n) is 10.3. The molecule has 7 heteroatoms. The molecule has 166 valence electrons. The number of fused-ring (bicyclic) bond motifs is 2. The predicted molar refractivity (Wildman–Crippen MR) is 130 cm³/mol. The molecule has 0 N–H and O–H groups in total. The van der Waals surface area contributed by atoms with Crippen LogP contribution in [0.2, 0.25) is 10.0 Å². The van der Waals surface area contributed by atoms with Crippen molar-refractivity contribution in [1.82, 2.24) is 0 Å². The number of nitrogens with zero attached hydrogens (tertiary/aromatic N) is 1. The minimum absolute atomic E-state index is 0.0302. The van der Waals surface area contributed by atoms with Crippen molar-refractivity contribution < 1.29 is 13.9 Å². The number of methoxy groups -OCH3 is 1. The summed E-state index contributed by atoms with van der Waals surface area (Å²) in [6, 6.07) is 15.0. The van der Waals surface area contributed by atoms with E-state index in [2.05, 4.69) is 0 Å². The Morgan fingerprint density at radius 3 is 2.27 bits per heavy atom. The second kappa shape index (κ2) is 7.94. The van der Waals surface area contributed by atoms with E-state index in [9.17, 15) is 9.59 Å². The molecule has 0 fully saturated rings. The second-order valence-electron chi connectivity index (χ2n) is 8.06. The largest absolute Gasteiger partial charge is 0.497 e. The third kappa shape index (κ3) is 3.39. The van der Waals surface area contributed by atoms with Gasteiger partial charge in [0.2, 0.25) is 5.76 Å². The van der Waals surface area contributed by atoms with Crippen molar-refractivity contribution in [1.29, 1.82) is 0 Å². The fourth-order valence-electron chi connectivity index (χ4n) is 4.24. The molecule has 2 heterocycles. The van der Waals surface area contributed by atoms with Gasteiger partial charge in [-0.1, -0.05) is 29.3 Å². The van der Waals surface area contributed by atoms with Crippen LogP contribution in [0, 0.1) is 13.8 Å². The highest BCUT2D eigenvalue weighted by Gasteiger charge is 2.43. The van der Waals surface area contributed by atoms with Crippen molar-refractivity contribution >= 4 is 45.8 Å². The first-order valence-corrected chi connectivity index (χ1v) is 11.1. The molecular formula is C26H19Cl2NO4. The van der Waals surface area contributed by atoms with Gasteiger partial charge in [-0.15, -0.1) is 0 Å². The Morgan fingerprint density at radius 1 is 0.909 bits per heavy atom. The molecule has 1 aromatic heterocycles. The molecule has 0 saturated carbocycles. The van der Waals surface area contributed by atoms with Gasteiger partial charge >= 0.3 is 0 Å². The molecule has 1 atom stereocenters. The molecular weight excluding hydrogens is 461 g/mol. The van der Waals surface area contributed by atoms with E-state index in [1.54, 1.807) is 60.5 Å². The number of ether oxygens (including phenoxy) is 1. The zero-order valence-electron chi connectivity index (χ0n) is 18.1. The summed E-state index contributed by atoms with van der Waals surface area (Å²) >= 11 is 12.4. The fraction of sp³-hybridized carbons (Fsp3) is 0.154. The van der Waals surface area contributed by atoms with E-state index in [-0.39, 0.29) is 16.8 Å². The Bertz CT molecular complexity index is 1490. The van der Waals surface area contributed by atoms with Crippen molar-refractivity contribution in [2.45, 2.75) is 19.9 Å². The zero-order valence-corrected chi connectivity index (χ0v) is 19.6. The summed E-state index contributed by atoms with van der Waals surface area (Å²) in [6.45, 7) is 3.87. The van der Waals surface area contributed by atoms with Crippen molar-refractivity contribution in [3.63, 3.8) is 0 Å². The Balaban J connectivity index is 1.81. The third-order valence-corrected chi connectivity index (χ3v) is 6.84. The van der Waals surface area contributed by atoms with Crippen LogP contribution in [0.1, 0.15) is 38.9 Å². The van der Waals surface area contributed by atoms with Crippen LogP contribution in [-0.4, -0.2) is 13.0 Å². The van der Waals surface area contributed by atoms with Crippen LogP contribution in [0.5, 0.6) is 5.75 Å². The number of hydrogen-bond donors (Lipinski definition) is 0. The van der Waals surface area contributed by atoms with Crippen LogP contribution in [-0.2, 0) is 0 Å². The predicted octanol–water partition coefficient (Wildman–Crippen LogP) is 6.48. The number of aryl methyl sites for hydroxylation is 2. The summed E-state index contributed by atoms with van der Waals surface area (Å²) < 4.78 is 11.3. The Hall–Kier alpha value is -3.28. The molecule has 0 bridgehead atoms. The third-order valence-electron chi connectivity index (χ3n) is 6.10. The molecule has 0 saturated heterocycles. The number of rotatable bonds is 3. The standard InChI is InChI=1S/C26H19Cl2NO4/c1-13-10-18-21(11-14(13)2)33-25-22(24(18)30)23(15-4-9-19(27)20(28)12-15)29(26(25)31)16-5-7-17(32-3)8-6-16/h4-12,23H,1-3H3. The molecule has 4 aromatic rings. The minimum Gasteiger partial charge on any atom is -0.497 e. The summed E-state index contributed by atoms with van der Waals surface area (Å²) in [4.78, 5) is 28.9. The summed E-state index contributed by atoms with van der Waals surface area (Å²) in [5.74, 6) is 0.283. The first-order chi connectivity index (χ1) is 15.8. The van der Waals surface area contributed by atoms with Crippen molar-refractivity contribution in [3.05, 3.63) is 103 Å². The van der Waals surface area contributed by atoms with Crippen molar-refractivity contribution in [2.75, 3.05) is 12.0 Å². The molecule has 0 radical (unpaired) electrons. The molecule has 5 rings (SSSR count). The first kappa shape index (κ1) is 21.6. The van der Waals surface area contributed by atoms with E-state index in [0.717, 1.165) is 11.1 Å². The molecule has 1 amide bonds. The summed E-state index contributed by atoms with van der Waals surface area (Å²) in [6.07, 6.45) is 0. The molecule has 1 unspecified atom stereocenters. The molecule has 0 spiro atoms. The van der Waals surface area contributed by atoms with Gasteiger partial charge in [-0.3, -0.25) is 14.5 Å². The van der Waals surface area contributed by atoms with Gasteiger partial charge in [-0.05, 0) is 79.1 Å². The van der Waals surface area contributed by atoms with Crippen LogP contribution >= 0.6 is 23.2 Å². The number of amides is 1. The van der Waals surface area contributed by atoms with Gasteiger partial charge in [0, 0.05) is 5.69 Å². The lowest BCUT2D eigenvalue weighted by Crippen LogP contribution is -2.29. The molecule has 1 aliphatic rings.